The third-order valence-corrected chi connectivity index (χ3v) is 2.37. The van der Waals surface area contributed by atoms with Crippen molar-refractivity contribution in [3.05, 3.63) is 35.5 Å². The highest BCUT2D eigenvalue weighted by molar-refractivity contribution is 5.81. The number of terminal acetylenes is 1. The van der Waals surface area contributed by atoms with Crippen LogP contribution < -0.4 is 0 Å². The standard InChI is InChI=1S/C13H13N/c1-3-4-5-12-9-11-8-10(2)6-7-13(11)14-12/h1,6-9,14H,4-5H2,2H3. The summed E-state index contributed by atoms with van der Waals surface area (Å²) < 4.78 is 0. The van der Waals surface area contributed by atoms with Crippen molar-refractivity contribution in [1.29, 1.82) is 0 Å². The lowest BCUT2D eigenvalue weighted by Gasteiger charge is -1.91. The number of fused-ring (bicyclic) bond motifs is 1. The highest BCUT2D eigenvalue weighted by Crippen LogP contribution is 2.17. The lowest BCUT2D eigenvalue weighted by atomic mass is 10.2. The minimum atomic E-state index is 0.797. The van der Waals surface area contributed by atoms with Crippen LogP contribution in [0.25, 0.3) is 10.9 Å². The molecule has 0 amide bonds. The predicted octanol–water partition coefficient (Wildman–Crippen LogP) is 3.04. The van der Waals surface area contributed by atoms with E-state index in [2.05, 4.69) is 42.1 Å². The summed E-state index contributed by atoms with van der Waals surface area (Å²) in [5.74, 6) is 2.65. The fraction of sp³-hybridized carbons (Fsp3) is 0.231. The quantitative estimate of drug-likeness (QED) is 0.689. The molecule has 70 valence electrons. The van der Waals surface area contributed by atoms with Crippen LogP contribution in [0.15, 0.2) is 24.3 Å². The normalized spacial score (nSPS) is 10.3. The Balaban J connectivity index is 2.37. The van der Waals surface area contributed by atoms with Crippen LogP contribution in [0.4, 0.5) is 0 Å². The van der Waals surface area contributed by atoms with Crippen molar-refractivity contribution in [3.63, 3.8) is 0 Å². The van der Waals surface area contributed by atoms with Crippen LogP contribution >= 0.6 is 0 Å². The molecule has 1 heteroatoms. The maximum absolute atomic E-state index is 5.23. The van der Waals surface area contributed by atoms with Gasteiger partial charge in [0, 0.05) is 17.6 Å². The second kappa shape index (κ2) is 3.59. The summed E-state index contributed by atoms with van der Waals surface area (Å²) in [7, 11) is 0. The molecule has 1 N–H and O–H groups in total. The Morgan fingerprint density at radius 2 is 2.21 bits per heavy atom. The number of rotatable bonds is 2. The van der Waals surface area contributed by atoms with Crippen LogP contribution in [0, 0.1) is 19.3 Å². The van der Waals surface area contributed by atoms with Crippen molar-refractivity contribution in [2.45, 2.75) is 19.8 Å². The molecule has 0 unspecified atom stereocenters. The van der Waals surface area contributed by atoms with Crippen LogP contribution in [0.5, 0.6) is 0 Å². The van der Waals surface area contributed by atoms with Crippen LogP contribution in [0.3, 0.4) is 0 Å². The van der Waals surface area contributed by atoms with Crippen LogP contribution in [0.1, 0.15) is 17.7 Å². The summed E-state index contributed by atoms with van der Waals surface area (Å²) in [5, 5.41) is 1.28. The predicted molar refractivity (Wildman–Crippen MR) is 60.2 cm³/mol. The maximum Gasteiger partial charge on any atom is 0.0456 e. The molecular weight excluding hydrogens is 170 g/mol. The lowest BCUT2D eigenvalue weighted by molar-refractivity contribution is 0.987. The number of hydrogen-bond acceptors (Lipinski definition) is 0. The van der Waals surface area contributed by atoms with Gasteiger partial charge in [-0.15, -0.1) is 12.3 Å². The van der Waals surface area contributed by atoms with E-state index < -0.39 is 0 Å². The zero-order valence-electron chi connectivity index (χ0n) is 8.30. The molecule has 0 saturated carbocycles. The first kappa shape index (κ1) is 8.90. The Kier molecular flexibility index (Phi) is 2.28. The molecule has 1 aromatic carbocycles. The van der Waals surface area contributed by atoms with E-state index in [1.807, 2.05) is 0 Å². The van der Waals surface area contributed by atoms with Crippen molar-refractivity contribution < 1.29 is 0 Å². The van der Waals surface area contributed by atoms with Crippen LogP contribution in [-0.4, -0.2) is 4.98 Å². The number of nitrogens with one attached hydrogen (secondary N) is 1. The second-order valence-corrected chi connectivity index (χ2v) is 3.59. The van der Waals surface area contributed by atoms with E-state index >= 15 is 0 Å². The van der Waals surface area contributed by atoms with Gasteiger partial charge in [-0.3, -0.25) is 0 Å². The van der Waals surface area contributed by atoms with Crippen LogP contribution in [0.2, 0.25) is 0 Å². The number of benzene rings is 1. The summed E-state index contributed by atoms with van der Waals surface area (Å²) in [6.45, 7) is 2.10. The molecule has 0 aliphatic heterocycles. The van der Waals surface area contributed by atoms with Crippen molar-refractivity contribution in [2.24, 2.45) is 0 Å². The number of aryl methyl sites for hydroxylation is 2. The molecule has 1 aromatic heterocycles. The Bertz CT molecular complexity index is 485. The Labute approximate surface area is 84.1 Å². The van der Waals surface area contributed by atoms with Gasteiger partial charge in [0.1, 0.15) is 0 Å². The van der Waals surface area contributed by atoms with Gasteiger partial charge in [0.2, 0.25) is 0 Å². The minimum Gasteiger partial charge on any atom is -0.358 e. The summed E-state index contributed by atoms with van der Waals surface area (Å²) in [4.78, 5) is 3.36. The van der Waals surface area contributed by atoms with Crippen molar-refractivity contribution in [3.8, 4) is 12.3 Å². The van der Waals surface area contributed by atoms with Gasteiger partial charge in [-0.2, -0.15) is 0 Å². The number of aromatic nitrogens is 1. The van der Waals surface area contributed by atoms with Gasteiger partial charge in [0.05, 0.1) is 0 Å². The zero-order chi connectivity index (χ0) is 9.97. The second-order valence-electron chi connectivity index (χ2n) is 3.59. The Morgan fingerprint density at radius 3 is 3.00 bits per heavy atom. The SMILES string of the molecule is C#CCCc1cc2cc(C)ccc2[nH]1. The van der Waals surface area contributed by atoms with Gasteiger partial charge in [0.25, 0.3) is 0 Å². The lowest BCUT2D eigenvalue weighted by Crippen LogP contribution is -1.81. The van der Waals surface area contributed by atoms with Crippen LogP contribution in [-0.2, 0) is 6.42 Å². The summed E-state index contributed by atoms with van der Waals surface area (Å²) in [6.07, 6.45) is 6.96. The first-order valence-corrected chi connectivity index (χ1v) is 4.81. The number of aromatic amines is 1. The Morgan fingerprint density at radius 1 is 1.36 bits per heavy atom. The van der Waals surface area contributed by atoms with E-state index in [1.165, 1.54) is 22.2 Å². The maximum atomic E-state index is 5.23. The molecule has 2 aromatic rings. The first-order chi connectivity index (χ1) is 6.79. The van der Waals surface area contributed by atoms with Gasteiger partial charge < -0.3 is 4.98 Å². The van der Waals surface area contributed by atoms with Gasteiger partial charge in [-0.05, 0) is 36.9 Å². The minimum absolute atomic E-state index is 0.797. The van der Waals surface area contributed by atoms with Crippen molar-refractivity contribution >= 4 is 10.9 Å². The van der Waals surface area contributed by atoms with Gasteiger partial charge in [0.15, 0.2) is 0 Å². The summed E-state index contributed by atoms with van der Waals surface area (Å²) in [6, 6.07) is 8.60. The molecular formula is C13H13N. The van der Waals surface area contributed by atoms with E-state index in [0.29, 0.717) is 0 Å². The number of H-pyrrole nitrogens is 1. The smallest absolute Gasteiger partial charge is 0.0456 e. The fourth-order valence-electron chi connectivity index (χ4n) is 1.65. The molecule has 0 saturated heterocycles. The molecule has 14 heavy (non-hydrogen) atoms. The zero-order valence-corrected chi connectivity index (χ0v) is 8.30. The summed E-state index contributed by atoms with van der Waals surface area (Å²) >= 11 is 0. The molecule has 0 aliphatic carbocycles. The highest BCUT2D eigenvalue weighted by atomic mass is 14.7. The van der Waals surface area contributed by atoms with E-state index in [1.54, 1.807) is 0 Å². The monoisotopic (exact) mass is 183 g/mol. The molecule has 2 rings (SSSR count). The van der Waals surface area contributed by atoms with Gasteiger partial charge >= 0.3 is 0 Å². The third-order valence-electron chi connectivity index (χ3n) is 2.37. The van der Waals surface area contributed by atoms with Gasteiger partial charge in [-0.25, -0.2) is 0 Å². The average Bonchev–Trinajstić information content (AvgIpc) is 2.56. The van der Waals surface area contributed by atoms with E-state index in [4.69, 9.17) is 6.42 Å². The van der Waals surface area contributed by atoms with Gasteiger partial charge in [-0.1, -0.05) is 11.6 Å². The molecule has 0 fully saturated rings. The molecule has 1 nitrogen and oxygen atoms in total. The van der Waals surface area contributed by atoms with E-state index in [-0.39, 0.29) is 0 Å². The topological polar surface area (TPSA) is 15.8 Å². The molecule has 0 bridgehead atoms. The largest absolute Gasteiger partial charge is 0.358 e. The molecule has 0 spiro atoms. The first-order valence-electron chi connectivity index (χ1n) is 4.81. The van der Waals surface area contributed by atoms with Crippen molar-refractivity contribution in [2.75, 3.05) is 0 Å². The molecule has 1 heterocycles. The summed E-state index contributed by atoms with van der Waals surface area (Å²) in [5.41, 5.74) is 3.71. The van der Waals surface area contributed by atoms with E-state index in [0.717, 1.165) is 12.8 Å². The molecule has 0 atom stereocenters. The molecule has 0 aliphatic rings. The van der Waals surface area contributed by atoms with Crippen molar-refractivity contribution in [1.82, 2.24) is 4.98 Å². The highest BCUT2D eigenvalue weighted by Gasteiger charge is 1.99. The fourth-order valence-corrected chi connectivity index (χ4v) is 1.65. The Hall–Kier alpha value is -1.68. The number of hydrogen-bond donors (Lipinski definition) is 1. The third kappa shape index (κ3) is 1.65. The van der Waals surface area contributed by atoms with E-state index in [9.17, 15) is 0 Å². The average molecular weight is 183 g/mol. The molecule has 0 radical (unpaired) electrons.